The van der Waals surface area contributed by atoms with E-state index in [4.69, 9.17) is 10.3 Å². The van der Waals surface area contributed by atoms with Gasteiger partial charge in [0.15, 0.2) is 5.82 Å². The van der Waals surface area contributed by atoms with E-state index in [9.17, 15) is 0 Å². The van der Waals surface area contributed by atoms with E-state index in [1.54, 1.807) is 0 Å². The Labute approximate surface area is 94.3 Å². The molecule has 0 aliphatic rings. The average Bonchev–Trinajstić information content (AvgIpc) is 2.87. The average molecular weight is 220 g/mol. The van der Waals surface area contributed by atoms with Gasteiger partial charge in [0.2, 0.25) is 5.89 Å². The molecule has 2 aromatic rings. The second kappa shape index (κ2) is 4.49. The highest BCUT2D eigenvalue weighted by atomic mass is 16.5. The minimum absolute atomic E-state index is 0.293. The van der Waals surface area contributed by atoms with Crippen LogP contribution in [0.1, 0.15) is 37.0 Å². The van der Waals surface area contributed by atoms with E-state index in [0.717, 1.165) is 11.4 Å². The lowest BCUT2D eigenvalue weighted by Crippen LogP contribution is -1.99. The van der Waals surface area contributed by atoms with Gasteiger partial charge in [-0.25, -0.2) is 0 Å². The molecule has 2 N–H and O–H groups in total. The first-order valence-corrected chi connectivity index (χ1v) is 5.36. The van der Waals surface area contributed by atoms with Crippen LogP contribution in [-0.4, -0.2) is 14.7 Å². The fourth-order valence-corrected chi connectivity index (χ4v) is 1.43. The zero-order valence-electron chi connectivity index (χ0n) is 9.55. The molecule has 0 unspecified atom stereocenters. The lowest BCUT2D eigenvalue weighted by atomic mass is 10.2. The van der Waals surface area contributed by atoms with E-state index in [1.165, 1.54) is 0 Å². The van der Waals surface area contributed by atoms with Gasteiger partial charge in [-0.1, -0.05) is 19.0 Å². The molecule has 2 aromatic heterocycles. The Balaban J connectivity index is 2.08. The highest BCUT2D eigenvalue weighted by molar-refractivity contribution is 5.10. The Morgan fingerprint density at radius 2 is 2.31 bits per heavy atom. The predicted octanol–water partition coefficient (Wildman–Crippen LogP) is 1.50. The fraction of sp³-hybridized carbons (Fsp3) is 0.455. The smallest absolute Gasteiger partial charge is 0.246 e. The van der Waals surface area contributed by atoms with Gasteiger partial charge in [0.25, 0.3) is 0 Å². The molecule has 5 nitrogen and oxygen atoms in total. The number of nitrogens with zero attached hydrogens (tertiary/aromatic N) is 3. The predicted molar refractivity (Wildman–Crippen MR) is 59.8 cm³/mol. The molecular weight excluding hydrogens is 204 g/mol. The van der Waals surface area contributed by atoms with E-state index >= 15 is 0 Å². The first-order chi connectivity index (χ1) is 7.69. The molecule has 2 rings (SSSR count). The molecule has 86 valence electrons. The summed E-state index contributed by atoms with van der Waals surface area (Å²) in [5.41, 5.74) is 6.64. The number of aromatic nitrogens is 3. The zero-order valence-corrected chi connectivity index (χ0v) is 9.55. The van der Waals surface area contributed by atoms with Crippen molar-refractivity contribution in [3.05, 3.63) is 35.7 Å². The summed E-state index contributed by atoms with van der Waals surface area (Å²) >= 11 is 0. The molecule has 0 bridgehead atoms. The van der Waals surface area contributed by atoms with Crippen LogP contribution in [0.25, 0.3) is 0 Å². The maximum atomic E-state index is 5.54. The van der Waals surface area contributed by atoms with Crippen LogP contribution in [0.3, 0.4) is 0 Å². The van der Waals surface area contributed by atoms with Gasteiger partial charge in [0, 0.05) is 24.9 Å². The molecule has 0 saturated heterocycles. The topological polar surface area (TPSA) is 69.9 Å². The number of hydrogen-bond donors (Lipinski definition) is 1. The van der Waals surface area contributed by atoms with Gasteiger partial charge in [0.1, 0.15) is 6.54 Å². The van der Waals surface area contributed by atoms with Crippen LogP contribution in [0, 0.1) is 0 Å². The lowest BCUT2D eigenvalue weighted by molar-refractivity contribution is 0.364. The third-order valence-corrected chi connectivity index (χ3v) is 2.37. The van der Waals surface area contributed by atoms with Gasteiger partial charge in [0.05, 0.1) is 0 Å². The first-order valence-electron chi connectivity index (χ1n) is 5.36. The SMILES string of the molecule is CC(C)c1noc(Cn2ccc(CN)c2)n1. The maximum Gasteiger partial charge on any atom is 0.246 e. The van der Waals surface area contributed by atoms with Crippen LogP contribution in [-0.2, 0) is 13.1 Å². The summed E-state index contributed by atoms with van der Waals surface area (Å²) in [5, 5.41) is 3.91. The van der Waals surface area contributed by atoms with Gasteiger partial charge >= 0.3 is 0 Å². The van der Waals surface area contributed by atoms with E-state index < -0.39 is 0 Å². The van der Waals surface area contributed by atoms with Crippen molar-refractivity contribution in [3.8, 4) is 0 Å². The summed E-state index contributed by atoms with van der Waals surface area (Å²) < 4.78 is 7.15. The standard InChI is InChI=1S/C11H16N4O/c1-8(2)11-13-10(16-14-11)7-15-4-3-9(5-12)6-15/h3-4,6,8H,5,7,12H2,1-2H3. The number of hydrogen-bond acceptors (Lipinski definition) is 4. The molecule has 0 aromatic carbocycles. The van der Waals surface area contributed by atoms with Gasteiger partial charge in [-0.3, -0.25) is 0 Å². The summed E-state index contributed by atoms with van der Waals surface area (Å²) in [6.07, 6.45) is 3.95. The van der Waals surface area contributed by atoms with Crippen LogP contribution in [0.5, 0.6) is 0 Å². The summed E-state index contributed by atoms with van der Waals surface area (Å²) in [7, 11) is 0. The van der Waals surface area contributed by atoms with Gasteiger partial charge < -0.3 is 14.8 Å². The van der Waals surface area contributed by atoms with Crippen LogP contribution in [0.2, 0.25) is 0 Å². The molecule has 0 saturated carbocycles. The molecule has 0 atom stereocenters. The van der Waals surface area contributed by atoms with Crippen LogP contribution >= 0.6 is 0 Å². The molecule has 0 aliphatic heterocycles. The van der Waals surface area contributed by atoms with Crippen molar-refractivity contribution in [1.29, 1.82) is 0 Å². The molecule has 16 heavy (non-hydrogen) atoms. The molecule has 0 fully saturated rings. The van der Waals surface area contributed by atoms with E-state index in [-0.39, 0.29) is 0 Å². The highest BCUT2D eigenvalue weighted by Gasteiger charge is 2.09. The van der Waals surface area contributed by atoms with Gasteiger partial charge in [-0.05, 0) is 11.6 Å². The summed E-state index contributed by atoms with van der Waals surface area (Å²) in [6.45, 7) is 5.22. The van der Waals surface area contributed by atoms with Crippen LogP contribution in [0.15, 0.2) is 23.0 Å². The summed E-state index contributed by atoms with van der Waals surface area (Å²) in [4.78, 5) is 4.31. The molecule has 0 radical (unpaired) electrons. The van der Waals surface area contributed by atoms with E-state index in [1.807, 2.05) is 36.9 Å². The number of rotatable bonds is 4. The minimum atomic E-state index is 0.293. The molecular formula is C11H16N4O. The monoisotopic (exact) mass is 220 g/mol. The minimum Gasteiger partial charge on any atom is -0.345 e. The quantitative estimate of drug-likeness (QED) is 0.847. The fourth-order valence-electron chi connectivity index (χ4n) is 1.43. The second-order valence-electron chi connectivity index (χ2n) is 4.10. The Kier molecular flexibility index (Phi) is 3.05. The highest BCUT2D eigenvalue weighted by Crippen LogP contribution is 2.11. The number of nitrogens with two attached hydrogens (primary N) is 1. The third kappa shape index (κ3) is 2.30. The zero-order chi connectivity index (χ0) is 11.5. The van der Waals surface area contributed by atoms with E-state index in [0.29, 0.717) is 24.9 Å². The molecule has 5 heteroatoms. The van der Waals surface area contributed by atoms with Crippen molar-refractivity contribution in [2.45, 2.75) is 32.9 Å². The van der Waals surface area contributed by atoms with Crippen LogP contribution in [0.4, 0.5) is 0 Å². The first kappa shape index (κ1) is 10.9. The second-order valence-corrected chi connectivity index (χ2v) is 4.10. The summed E-state index contributed by atoms with van der Waals surface area (Å²) in [5.74, 6) is 1.67. The van der Waals surface area contributed by atoms with Crippen molar-refractivity contribution < 1.29 is 4.52 Å². The summed E-state index contributed by atoms with van der Waals surface area (Å²) in [6, 6.07) is 1.99. The molecule has 2 heterocycles. The molecule has 0 spiro atoms. The Bertz CT molecular complexity index is 458. The van der Waals surface area contributed by atoms with E-state index in [2.05, 4.69) is 10.1 Å². The van der Waals surface area contributed by atoms with Gasteiger partial charge in [-0.15, -0.1) is 0 Å². The van der Waals surface area contributed by atoms with Crippen molar-refractivity contribution in [3.63, 3.8) is 0 Å². The Morgan fingerprint density at radius 1 is 1.50 bits per heavy atom. The van der Waals surface area contributed by atoms with Crippen molar-refractivity contribution in [1.82, 2.24) is 14.7 Å². The lowest BCUT2D eigenvalue weighted by Gasteiger charge is -1.96. The normalized spacial score (nSPS) is 11.2. The molecule has 0 amide bonds. The van der Waals surface area contributed by atoms with Crippen LogP contribution < -0.4 is 5.73 Å². The largest absolute Gasteiger partial charge is 0.345 e. The van der Waals surface area contributed by atoms with Crippen molar-refractivity contribution in [2.75, 3.05) is 0 Å². The van der Waals surface area contributed by atoms with Crippen molar-refractivity contribution in [2.24, 2.45) is 5.73 Å². The van der Waals surface area contributed by atoms with Gasteiger partial charge in [-0.2, -0.15) is 4.98 Å². The van der Waals surface area contributed by atoms with Crippen molar-refractivity contribution >= 4 is 0 Å². The maximum absolute atomic E-state index is 5.54. The Hall–Kier alpha value is -1.62. The third-order valence-electron chi connectivity index (χ3n) is 2.37. The molecule has 0 aliphatic carbocycles. The Morgan fingerprint density at radius 3 is 2.88 bits per heavy atom.